The maximum absolute atomic E-state index is 13.4. The van der Waals surface area contributed by atoms with Gasteiger partial charge in [0.2, 0.25) is 0 Å². The molecule has 0 aliphatic rings. The largest absolute Gasteiger partial charge is 0.308 e. The van der Waals surface area contributed by atoms with Gasteiger partial charge in [0.1, 0.15) is 17.2 Å². The van der Waals surface area contributed by atoms with Crippen molar-refractivity contribution in [2.45, 2.75) is 39.3 Å². The molecule has 4 aromatic heterocycles. The van der Waals surface area contributed by atoms with E-state index in [9.17, 15) is 4.79 Å². The summed E-state index contributed by atoms with van der Waals surface area (Å²) in [5, 5.41) is 2.58. The lowest BCUT2D eigenvalue weighted by atomic mass is 10.2. The van der Waals surface area contributed by atoms with Gasteiger partial charge in [-0.15, -0.1) is 11.3 Å². The molecule has 146 valence electrons. The van der Waals surface area contributed by atoms with Gasteiger partial charge in [-0.1, -0.05) is 38.0 Å². The minimum absolute atomic E-state index is 0.0628. The van der Waals surface area contributed by atoms with Gasteiger partial charge in [0, 0.05) is 11.4 Å². The summed E-state index contributed by atoms with van der Waals surface area (Å²) < 4.78 is 3.73. The minimum atomic E-state index is -0.0628. The first kappa shape index (κ1) is 18.0. The molecule has 0 amide bonds. The van der Waals surface area contributed by atoms with E-state index in [1.54, 1.807) is 22.2 Å². The predicted molar refractivity (Wildman–Crippen MR) is 118 cm³/mol. The van der Waals surface area contributed by atoms with Gasteiger partial charge in [0.25, 0.3) is 5.56 Å². The molecule has 0 unspecified atom stereocenters. The maximum Gasteiger partial charge on any atom is 0.265 e. The highest BCUT2D eigenvalue weighted by Gasteiger charge is 2.19. The second-order valence-electron chi connectivity index (χ2n) is 7.20. The van der Waals surface area contributed by atoms with E-state index >= 15 is 0 Å². The number of hydrogen-bond donors (Lipinski definition) is 0. The highest BCUT2D eigenvalue weighted by atomic mass is 32.1. The van der Waals surface area contributed by atoms with E-state index in [4.69, 9.17) is 9.97 Å². The molecule has 0 bridgehead atoms. The van der Waals surface area contributed by atoms with Crippen molar-refractivity contribution < 1.29 is 0 Å². The van der Waals surface area contributed by atoms with Crippen LogP contribution in [0.25, 0.3) is 33.2 Å². The highest BCUT2D eigenvalue weighted by Crippen LogP contribution is 2.25. The van der Waals surface area contributed by atoms with Crippen LogP contribution in [0.2, 0.25) is 0 Å². The molecule has 4 heterocycles. The molecule has 0 atom stereocenters. The summed E-state index contributed by atoms with van der Waals surface area (Å²) in [6, 6.07) is 11.8. The van der Waals surface area contributed by atoms with Gasteiger partial charge in [0.05, 0.1) is 17.6 Å². The van der Waals surface area contributed by atoms with Crippen LogP contribution in [0.15, 0.2) is 52.9 Å². The zero-order valence-electron chi connectivity index (χ0n) is 16.2. The fourth-order valence-corrected chi connectivity index (χ4v) is 4.46. The number of aromatic nitrogens is 5. The summed E-state index contributed by atoms with van der Waals surface area (Å²) in [5.41, 5.74) is 3.63. The number of rotatable bonds is 6. The molecule has 0 N–H and O–H groups in total. The second-order valence-corrected chi connectivity index (χ2v) is 8.23. The van der Waals surface area contributed by atoms with Gasteiger partial charge in [-0.3, -0.25) is 9.36 Å². The van der Waals surface area contributed by atoms with Crippen molar-refractivity contribution in [3.8, 4) is 0 Å². The number of hydrogen-bond acceptors (Lipinski definition) is 5. The molecule has 0 saturated carbocycles. The molecule has 0 aliphatic heterocycles. The average Bonchev–Trinajstić information content (AvgIpc) is 3.35. The number of unbranched alkanes of at least 4 members (excludes halogenated alkanes) is 2. The Balaban J connectivity index is 1.77. The van der Waals surface area contributed by atoms with E-state index in [2.05, 4.69) is 16.5 Å². The fourth-order valence-electron chi connectivity index (χ4n) is 3.75. The number of fused-ring (bicyclic) bond motifs is 4. The molecule has 0 saturated heterocycles. The Labute approximate surface area is 171 Å². The lowest BCUT2D eigenvalue weighted by Gasteiger charge is -2.07. The molecule has 0 fully saturated rings. The van der Waals surface area contributed by atoms with Crippen LogP contribution in [-0.4, -0.2) is 24.1 Å². The van der Waals surface area contributed by atoms with Gasteiger partial charge in [0.15, 0.2) is 11.3 Å². The number of para-hydroxylation sites is 2. The van der Waals surface area contributed by atoms with Crippen LogP contribution in [0.3, 0.4) is 0 Å². The van der Waals surface area contributed by atoms with Crippen LogP contribution in [0.4, 0.5) is 0 Å². The first-order valence-electron chi connectivity index (χ1n) is 9.93. The zero-order valence-corrected chi connectivity index (χ0v) is 17.0. The third-order valence-electron chi connectivity index (χ3n) is 5.21. The van der Waals surface area contributed by atoms with Crippen molar-refractivity contribution in [3.05, 3.63) is 63.3 Å². The fraction of sp³-hybridized carbons (Fsp3) is 0.273. The van der Waals surface area contributed by atoms with E-state index < -0.39 is 0 Å². The highest BCUT2D eigenvalue weighted by molar-refractivity contribution is 7.09. The zero-order chi connectivity index (χ0) is 19.8. The lowest BCUT2D eigenvalue weighted by molar-refractivity contribution is 0.620. The summed E-state index contributed by atoms with van der Waals surface area (Å²) in [4.78, 5) is 28.9. The monoisotopic (exact) mass is 403 g/mol. The summed E-state index contributed by atoms with van der Waals surface area (Å²) in [6.07, 6.45) is 4.92. The quantitative estimate of drug-likeness (QED) is 0.389. The van der Waals surface area contributed by atoms with Gasteiger partial charge >= 0.3 is 0 Å². The normalized spacial score (nSPS) is 11.8. The maximum atomic E-state index is 13.4. The van der Waals surface area contributed by atoms with E-state index in [1.165, 1.54) is 0 Å². The summed E-state index contributed by atoms with van der Waals surface area (Å²) >= 11 is 1.64. The molecule has 5 aromatic rings. The molecule has 6 nitrogen and oxygen atoms in total. The number of aryl methyl sites for hydroxylation is 1. The number of benzene rings is 1. The van der Waals surface area contributed by atoms with Crippen LogP contribution < -0.4 is 5.56 Å². The molecule has 0 radical (unpaired) electrons. The Morgan fingerprint density at radius 2 is 1.83 bits per heavy atom. The lowest BCUT2D eigenvalue weighted by Crippen LogP contribution is -2.21. The Hall–Kier alpha value is -3.06. The first-order chi connectivity index (χ1) is 14.3. The summed E-state index contributed by atoms with van der Waals surface area (Å²) in [5.74, 6) is 0. The van der Waals surface area contributed by atoms with Gasteiger partial charge in [-0.2, -0.15) is 0 Å². The molecule has 1 aromatic carbocycles. The van der Waals surface area contributed by atoms with E-state index in [0.717, 1.165) is 47.4 Å². The molecule has 5 rings (SSSR count). The molecule has 0 spiro atoms. The number of nitrogens with zero attached hydrogens (tertiary/aromatic N) is 5. The van der Waals surface area contributed by atoms with E-state index in [1.807, 2.05) is 41.8 Å². The predicted octanol–water partition coefficient (Wildman–Crippen LogP) is 4.59. The average molecular weight is 404 g/mol. The Bertz CT molecular complexity index is 1370. The van der Waals surface area contributed by atoms with E-state index in [0.29, 0.717) is 23.1 Å². The van der Waals surface area contributed by atoms with Gasteiger partial charge in [-0.25, -0.2) is 15.0 Å². The Morgan fingerprint density at radius 1 is 1.00 bits per heavy atom. The smallest absolute Gasteiger partial charge is 0.265 e. The van der Waals surface area contributed by atoms with Crippen molar-refractivity contribution in [1.82, 2.24) is 24.1 Å². The van der Waals surface area contributed by atoms with Crippen molar-refractivity contribution in [2.75, 3.05) is 0 Å². The number of thiophene rings is 1. The standard InChI is InChI=1S/C22H21N5OS/c1-2-3-6-11-27-20-18(19-21(27)25-17-10-5-4-9-16(17)24-19)22(28)26(14-23-20)13-15-8-7-12-29-15/h4-5,7-10,12,14H,2-3,6,11,13H2,1H3. The summed E-state index contributed by atoms with van der Waals surface area (Å²) in [7, 11) is 0. The van der Waals surface area contributed by atoms with Crippen molar-refractivity contribution in [2.24, 2.45) is 0 Å². The van der Waals surface area contributed by atoms with Crippen LogP contribution in [0.1, 0.15) is 31.1 Å². The van der Waals surface area contributed by atoms with Crippen LogP contribution in [-0.2, 0) is 13.1 Å². The van der Waals surface area contributed by atoms with Crippen LogP contribution >= 0.6 is 11.3 Å². The van der Waals surface area contributed by atoms with Crippen molar-refractivity contribution in [3.63, 3.8) is 0 Å². The Kier molecular flexibility index (Phi) is 4.60. The SMILES string of the molecule is CCCCCn1c2nc3ccccc3nc2c2c(=O)n(Cc3cccs3)cnc21. The third-order valence-corrected chi connectivity index (χ3v) is 6.07. The minimum Gasteiger partial charge on any atom is -0.308 e. The van der Waals surface area contributed by atoms with Gasteiger partial charge < -0.3 is 4.57 Å². The van der Waals surface area contributed by atoms with Crippen LogP contribution in [0.5, 0.6) is 0 Å². The molecular weight excluding hydrogens is 382 g/mol. The Morgan fingerprint density at radius 3 is 2.59 bits per heavy atom. The third kappa shape index (κ3) is 3.11. The van der Waals surface area contributed by atoms with Crippen molar-refractivity contribution in [1.29, 1.82) is 0 Å². The molecule has 7 heteroatoms. The summed E-state index contributed by atoms with van der Waals surface area (Å²) in [6.45, 7) is 3.48. The topological polar surface area (TPSA) is 65.6 Å². The molecular formula is C22H21N5OS. The first-order valence-corrected chi connectivity index (χ1v) is 10.8. The van der Waals surface area contributed by atoms with Gasteiger partial charge in [-0.05, 0) is 30.0 Å². The van der Waals surface area contributed by atoms with Crippen molar-refractivity contribution >= 4 is 44.6 Å². The van der Waals surface area contributed by atoms with Crippen LogP contribution in [0, 0.1) is 0 Å². The van der Waals surface area contributed by atoms with E-state index in [-0.39, 0.29) is 5.56 Å². The molecule has 29 heavy (non-hydrogen) atoms. The second kappa shape index (κ2) is 7.40. The molecule has 0 aliphatic carbocycles.